The van der Waals surface area contributed by atoms with E-state index in [0.717, 1.165) is 54.7 Å². The summed E-state index contributed by atoms with van der Waals surface area (Å²) in [6.45, 7) is 11.3. The molecule has 0 fully saturated rings. The monoisotopic (exact) mass is 545 g/mol. The van der Waals surface area contributed by atoms with Crippen LogP contribution in [0.25, 0.3) is 0 Å². The van der Waals surface area contributed by atoms with E-state index < -0.39 is 14.2 Å². The van der Waals surface area contributed by atoms with Gasteiger partial charge in [0.05, 0.1) is 14.2 Å². The van der Waals surface area contributed by atoms with E-state index in [1.807, 2.05) is 12.1 Å². The van der Waals surface area contributed by atoms with E-state index in [9.17, 15) is 4.79 Å². The fourth-order valence-corrected chi connectivity index (χ4v) is 6.19. The molecule has 4 rings (SSSR count). The van der Waals surface area contributed by atoms with Gasteiger partial charge >= 0.3 is 0 Å². The van der Waals surface area contributed by atoms with E-state index in [1.165, 1.54) is 16.7 Å². The Balaban J connectivity index is 1.54. The third kappa shape index (κ3) is 6.49. The van der Waals surface area contributed by atoms with Gasteiger partial charge in [-0.3, -0.25) is 4.79 Å². The summed E-state index contributed by atoms with van der Waals surface area (Å²) in [5, 5.41) is 0.157. The van der Waals surface area contributed by atoms with Crippen molar-refractivity contribution in [3.05, 3.63) is 88.0 Å². The molecule has 0 spiro atoms. The van der Waals surface area contributed by atoms with E-state index in [-0.39, 0.29) is 11.0 Å². The molecule has 0 aromatic heterocycles. The number of hydrogen-bond donors (Lipinski definition) is 1. The topological polar surface area (TPSA) is 70.8 Å². The maximum absolute atomic E-state index is 12.5. The van der Waals surface area contributed by atoms with E-state index in [1.54, 1.807) is 14.2 Å². The smallest absolute Gasteiger partial charge is 0.250 e. The summed E-state index contributed by atoms with van der Waals surface area (Å²) in [7, 11) is 1.48. The van der Waals surface area contributed by atoms with Gasteiger partial charge < -0.3 is 19.6 Å². The molecule has 3 aromatic rings. The van der Waals surface area contributed by atoms with Crippen molar-refractivity contribution >= 4 is 14.2 Å². The van der Waals surface area contributed by atoms with Crippen molar-refractivity contribution in [1.82, 2.24) is 0 Å². The Hall–Kier alpha value is -3.25. The highest BCUT2D eigenvalue weighted by atomic mass is 28.4. The van der Waals surface area contributed by atoms with Crippen LogP contribution in [0.1, 0.15) is 71.3 Å². The number of hydrogen-bond acceptors (Lipinski definition) is 4. The number of aryl methyl sites for hydroxylation is 3. The molecule has 1 aliphatic carbocycles. The second-order valence-electron chi connectivity index (χ2n) is 12.2. The zero-order valence-corrected chi connectivity index (χ0v) is 25.5. The summed E-state index contributed by atoms with van der Waals surface area (Å²) in [5.41, 5.74) is 12.4. The van der Waals surface area contributed by atoms with Crippen molar-refractivity contribution in [2.45, 2.75) is 76.9 Å². The molecule has 1 aliphatic rings. The first-order valence-corrected chi connectivity index (χ1v) is 16.8. The number of nitrogens with two attached hydrogens (primary N) is 1. The van der Waals surface area contributed by atoms with E-state index in [4.69, 9.17) is 19.6 Å². The summed E-state index contributed by atoms with van der Waals surface area (Å²) < 4.78 is 17.6. The number of rotatable bonds is 9. The number of carbonyl (C=O) groups is 1. The highest BCUT2D eigenvalue weighted by Crippen LogP contribution is 2.39. The predicted molar refractivity (Wildman–Crippen MR) is 161 cm³/mol. The largest absolute Gasteiger partial charge is 0.544 e. The lowest BCUT2D eigenvalue weighted by Crippen LogP contribution is -2.43. The van der Waals surface area contributed by atoms with Crippen LogP contribution in [0.4, 0.5) is 0 Å². The molecular formula is C33H43NO4Si. The summed E-state index contributed by atoms with van der Waals surface area (Å²) in [6, 6.07) is 18.8. The highest BCUT2D eigenvalue weighted by molar-refractivity contribution is 6.74. The molecule has 5 nitrogen and oxygen atoms in total. The van der Waals surface area contributed by atoms with Crippen LogP contribution in [0, 0.1) is 0 Å². The minimum Gasteiger partial charge on any atom is -0.544 e. The number of amides is 1. The Morgan fingerprint density at radius 1 is 0.923 bits per heavy atom. The molecule has 208 valence electrons. The molecule has 0 aliphatic heterocycles. The average Bonchev–Trinajstić information content (AvgIpc) is 2.90. The molecule has 2 N–H and O–H groups in total. The second kappa shape index (κ2) is 11.5. The zero-order chi connectivity index (χ0) is 28.4. The van der Waals surface area contributed by atoms with Crippen molar-refractivity contribution in [3.8, 4) is 17.2 Å². The van der Waals surface area contributed by atoms with Gasteiger partial charge in [0, 0.05) is 5.56 Å². The Morgan fingerprint density at radius 2 is 1.62 bits per heavy atom. The van der Waals surface area contributed by atoms with Crippen molar-refractivity contribution in [1.29, 1.82) is 0 Å². The molecule has 1 atom stereocenters. The third-order valence-corrected chi connectivity index (χ3v) is 12.9. The molecule has 1 unspecified atom stereocenters. The second-order valence-corrected chi connectivity index (χ2v) is 16.9. The van der Waals surface area contributed by atoms with Crippen LogP contribution in [-0.2, 0) is 25.7 Å². The highest BCUT2D eigenvalue weighted by Gasteiger charge is 2.39. The molecule has 0 heterocycles. The van der Waals surface area contributed by atoms with Gasteiger partial charge in [-0.15, -0.1) is 0 Å². The molecule has 39 heavy (non-hydrogen) atoms. The van der Waals surface area contributed by atoms with E-state index >= 15 is 0 Å². The number of carbonyl (C=O) groups excluding carboxylic acids is 1. The van der Waals surface area contributed by atoms with Crippen molar-refractivity contribution in [2.75, 3.05) is 14.2 Å². The third-order valence-electron chi connectivity index (χ3n) is 8.59. The molecule has 1 amide bonds. The summed E-state index contributed by atoms with van der Waals surface area (Å²) in [6.07, 6.45) is 4.45. The fraction of sp³-hybridized carbons (Fsp3) is 0.424. The maximum atomic E-state index is 12.5. The van der Waals surface area contributed by atoms with Gasteiger partial charge in [-0.05, 0) is 114 Å². The number of fused-ring (bicyclic) bond motifs is 1. The molecule has 3 aromatic carbocycles. The van der Waals surface area contributed by atoms with Crippen molar-refractivity contribution < 1.29 is 18.7 Å². The van der Waals surface area contributed by atoms with Crippen LogP contribution in [-0.4, -0.2) is 28.4 Å². The molecular weight excluding hydrogens is 502 g/mol. The number of primary amides is 1. The summed E-state index contributed by atoms with van der Waals surface area (Å²) >= 11 is 0. The maximum Gasteiger partial charge on any atom is 0.250 e. The molecule has 6 heteroatoms. The first-order chi connectivity index (χ1) is 18.4. The first-order valence-electron chi connectivity index (χ1n) is 13.9. The predicted octanol–water partition coefficient (Wildman–Crippen LogP) is 7.24. The van der Waals surface area contributed by atoms with E-state index in [2.05, 4.69) is 76.3 Å². The molecule has 0 radical (unpaired) electrons. The quantitative estimate of drug-likeness (QED) is 0.288. The minimum atomic E-state index is -1.87. The molecule has 0 bridgehead atoms. The summed E-state index contributed by atoms with van der Waals surface area (Å²) in [4.78, 5) is 12.5. The lowest BCUT2D eigenvalue weighted by atomic mass is 9.78. The zero-order valence-electron chi connectivity index (χ0n) is 24.5. The normalized spacial score (nSPS) is 15.4. The van der Waals surface area contributed by atoms with Crippen LogP contribution >= 0.6 is 0 Å². The lowest BCUT2D eigenvalue weighted by molar-refractivity contribution is 0.0998. The Kier molecular flexibility index (Phi) is 8.45. The molecule has 0 saturated carbocycles. The Labute approximate surface area is 234 Å². The van der Waals surface area contributed by atoms with Gasteiger partial charge in [-0.25, -0.2) is 0 Å². The van der Waals surface area contributed by atoms with E-state index in [0.29, 0.717) is 11.3 Å². The fourth-order valence-electron chi connectivity index (χ4n) is 5.15. The van der Waals surface area contributed by atoms with Crippen LogP contribution < -0.4 is 19.6 Å². The van der Waals surface area contributed by atoms with Gasteiger partial charge in [0.25, 0.3) is 0 Å². The SMILES string of the molecule is COc1ccc2c(c1)CCC(c1cc(CCc3ccc(O[Si](C)(C)C(C)(C)C)cc3)c(OC)cc1C(N)=O)C2. The number of benzene rings is 3. The first kappa shape index (κ1) is 28.7. The minimum absolute atomic E-state index is 0.157. The lowest BCUT2D eigenvalue weighted by Gasteiger charge is -2.36. The van der Waals surface area contributed by atoms with Crippen molar-refractivity contribution in [2.24, 2.45) is 5.73 Å². The van der Waals surface area contributed by atoms with Gasteiger partial charge in [0.2, 0.25) is 14.2 Å². The van der Waals surface area contributed by atoms with Crippen molar-refractivity contribution in [3.63, 3.8) is 0 Å². The summed E-state index contributed by atoms with van der Waals surface area (Å²) in [5.74, 6) is 2.35. The standard InChI is InChI=1S/C33H43NO4Si/c1-33(2,3)39(6,7)38-27-15-9-22(10-16-27)8-11-26-20-29(30(32(34)35)21-31(26)37-5)25-13-12-24-19-28(36-4)17-14-23(24)18-25/h9-10,14-17,19-21,25H,8,11-13,18H2,1-7H3,(H2,34,35). The van der Waals surface area contributed by atoms with Gasteiger partial charge in [0.1, 0.15) is 17.2 Å². The average molecular weight is 546 g/mol. The van der Waals surface area contributed by atoms with Crippen LogP contribution in [0.3, 0.4) is 0 Å². The Bertz CT molecular complexity index is 1320. The van der Waals surface area contributed by atoms with Crippen LogP contribution in [0.5, 0.6) is 17.2 Å². The Morgan fingerprint density at radius 3 is 2.23 bits per heavy atom. The molecule has 0 saturated heterocycles. The number of methoxy groups -OCH3 is 2. The van der Waals surface area contributed by atoms with Gasteiger partial charge in [-0.1, -0.05) is 45.0 Å². The van der Waals surface area contributed by atoms with Gasteiger partial charge in [0.15, 0.2) is 0 Å². The van der Waals surface area contributed by atoms with Crippen LogP contribution in [0.15, 0.2) is 54.6 Å². The van der Waals surface area contributed by atoms with Crippen LogP contribution in [0.2, 0.25) is 18.1 Å². The van der Waals surface area contributed by atoms with Gasteiger partial charge in [-0.2, -0.15) is 0 Å². The number of ether oxygens (including phenoxy) is 2.